The molecule has 2 N–H and O–H groups in total. The van der Waals surface area contributed by atoms with Crippen LogP contribution in [0.5, 0.6) is 5.75 Å². The third-order valence-electron chi connectivity index (χ3n) is 4.54. The Hall–Kier alpha value is -3.32. The first-order chi connectivity index (χ1) is 13.6. The number of aromatic amines is 1. The summed E-state index contributed by atoms with van der Waals surface area (Å²) < 4.78 is 6.82. The Morgan fingerprint density at radius 3 is 2.71 bits per heavy atom. The summed E-state index contributed by atoms with van der Waals surface area (Å²) in [7, 11) is 1.62. The van der Waals surface area contributed by atoms with Crippen molar-refractivity contribution in [1.29, 1.82) is 0 Å². The van der Waals surface area contributed by atoms with Crippen LogP contribution >= 0.6 is 11.3 Å². The number of rotatable bonds is 6. The molecule has 0 atom stereocenters. The summed E-state index contributed by atoms with van der Waals surface area (Å²) in [5.41, 5.74) is 2.70. The maximum Gasteiger partial charge on any atom is 0.326 e. The van der Waals surface area contributed by atoms with Crippen LogP contribution < -0.4 is 15.7 Å². The predicted molar refractivity (Wildman–Crippen MR) is 110 cm³/mol. The summed E-state index contributed by atoms with van der Waals surface area (Å²) in [4.78, 5) is 28.8. The molecule has 0 bridgehead atoms. The summed E-state index contributed by atoms with van der Waals surface area (Å²) in [5.74, 6) is 0.604. The second-order valence-electron chi connectivity index (χ2n) is 6.36. The maximum absolute atomic E-state index is 12.4. The fourth-order valence-corrected chi connectivity index (χ4v) is 3.70. The summed E-state index contributed by atoms with van der Waals surface area (Å²) in [6.07, 6.45) is 0. The summed E-state index contributed by atoms with van der Waals surface area (Å²) >= 11 is 1.60. The molecule has 4 rings (SSSR count). The molecule has 1 amide bonds. The summed E-state index contributed by atoms with van der Waals surface area (Å²) in [6.45, 7) is 0.927. The van der Waals surface area contributed by atoms with Crippen LogP contribution in [0.4, 0.5) is 0 Å². The second-order valence-corrected chi connectivity index (χ2v) is 7.39. The number of nitrogens with one attached hydrogen (secondary N) is 2. The number of ether oxygens (including phenoxy) is 1. The van der Waals surface area contributed by atoms with Crippen molar-refractivity contribution in [3.8, 4) is 5.75 Å². The molecule has 0 unspecified atom stereocenters. The van der Waals surface area contributed by atoms with Crippen molar-refractivity contribution >= 4 is 28.3 Å². The number of H-pyrrole nitrogens is 1. The van der Waals surface area contributed by atoms with Crippen molar-refractivity contribution in [2.24, 2.45) is 0 Å². The van der Waals surface area contributed by atoms with E-state index >= 15 is 0 Å². The number of hydrogen-bond acceptors (Lipinski definition) is 4. The van der Waals surface area contributed by atoms with Crippen molar-refractivity contribution in [3.05, 3.63) is 86.5 Å². The molecular formula is C21H19N3O3S. The Kier molecular flexibility index (Phi) is 4.99. The van der Waals surface area contributed by atoms with Crippen LogP contribution in [-0.2, 0) is 13.1 Å². The van der Waals surface area contributed by atoms with Crippen LogP contribution in [-0.4, -0.2) is 22.6 Å². The fourth-order valence-electron chi connectivity index (χ4n) is 3.06. The van der Waals surface area contributed by atoms with Gasteiger partial charge in [-0.1, -0.05) is 18.2 Å². The van der Waals surface area contributed by atoms with Gasteiger partial charge in [0.1, 0.15) is 5.75 Å². The zero-order valence-corrected chi connectivity index (χ0v) is 16.1. The molecule has 0 fully saturated rings. The van der Waals surface area contributed by atoms with Gasteiger partial charge in [0.15, 0.2) is 0 Å². The van der Waals surface area contributed by atoms with Gasteiger partial charge in [-0.3, -0.25) is 9.36 Å². The number of methoxy groups -OCH3 is 1. The van der Waals surface area contributed by atoms with Gasteiger partial charge >= 0.3 is 5.69 Å². The quantitative estimate of drug-likeness (QED) is 0.527. The molecule has 6 nitrogen and oxygen atoms in total. The number of amides is 1. The Morgan fingerprint density at radius 2 is 2.00 bits per heavy atom. The molecule has 0 radical (unpaired) electrons. The normalized spacial score (nSPS) is 10.9. The summed E-state index contributed by atoms with van der Waals surface area (Å²) in [5, 5.41) is 4.87. The lowest BCUT2D eigenvalue weighted by molar-refractivity contribution is 0.0951. The van der Waals surface area contributed by atoms with Crippen molar-refractivity contribution in [1.82, 2.24) is 14.9 Å². The molecule has 7 heteroatoms. The van der Waals surface area contributed by atoms with E-state index in [1.54, 1.807) is 41.2 Å². The van der Waals surface area contributed by atoms with E-state index in [-0.39, 0.29) is 11.6 Å². The smallest absolute Gasteiger partial charge is 0.326 e. The van der Waals surface area contributed by atoms with E-state index in [9.17, 15) is 9.59 Å². The number of thiophene rings is 1. The van der Waals surface area contributed by atoms with Gasteiger partial charge in [-0.05, 0) is 47.3 Å². The molecule has 0 aliphatic carbocycles. The van der Waals surface area contributed by atoms with E-state index < -0.39 is 0 Å². The third kappa shape index (κ3) is 3.70. The highest BCUT2D eigenvalue weighted by atomic mass is 32.1. The van der Waals surface area contributed by atoms with Gasteiger partial charge in [0.25, 0.3) is 5.91 Å². The number of fused-ring (bicyclic) bond motifs is 1. The van der Waals surface area contributed by atoms with E-state index in [1.165, 1.54) is 0 Å². The monoisotopic (exact) mass is 393 g/mol. The third-order valence-corrected chi connectivity index (χ3v) is 5.42. The van der Waals surface area contributed by atoms with E-state index in [0.29, 0.717) is 24.2 Å². The minimum absolute atomic E-state index is 0.168. The fraction of sp³-hybridized carbons (Fsp3) is 0.143. The second kappa shape index (κ2) is 7.74. The first kappa shape index (κ1) is 18.1. The Morgan fingerprint density at radius 1 is 1.18 bits per heavy atom. The van der Waals surface area contributed by atoms with Gasteiger partial charge in [0.2, 0.25) is 0 Å². The van der Waals surface area contributed by atoms with Crippen LogP contribution in [0.3, 0.4) is 0 Å². The van der Waals surface area contributed by atoms with Gasteiger partial charge in [0, 0.05) is 10.4 Å². The van der Waals surface area contributed by atoms with E-state index in [0.717, 1.165) is 21.7 Å². The average Bonchev–Trinajstić information content (AvgIpc) is 3.34. The highest BCUT2D eigenvalue weighted by Crippen LogP contribution is 2.17. The van der Waals surface area contributed by atoms with Crippen LogP contribution in [0.25, 0.3) is 11.0 Å². The number of carbonyl (C=O) groups is 1. The summed E-state index contributed by atoms with van der Waals surface area (Å²) in [6, 6.07) is 16.8. The molecule has 28 heavy (non-hydrogen) atoms. The van der Waals surface area contributed by atoms with E-state index in [1.807, 2.05) is 41.8 Å². The van der Waals surface area contributed by atoms with Crippen molar-refractivity contribution in [2.45, 2.75) is 13.1 Å². The molecular weight excluding hydrogens is 374 g/mol. The molecule has 0 saturated heterocycles. The van der Waals surface area contributed by atoms with Crippen molar-refractivity contribution in [2.75, 3.05) is 7.11 Å². The zero-order chi connectivity index (χ0) is 19.5. The molecule has 2 aromatic heterocycles. The van der Waals surface area contributed by atoms with E-state index in [2.05, 4.69) is 10.3 Å². The van der Waals surface area contributed by atoms with Crippen molar-refractivity contribution in [3.63, 3.8) is 0 Å². The Balaban J connectivity index is 1.55. The molecule has 0 spiro atoms. The molecule has 0 aliphatic heterocycles. The molecule has 142 valence electrons. The highest BCUT2D eigenvalue weighted by molar-refractivity contribution is 7.09. The highest BCUT2D eigenvalue weighted by Gasteiger charge is 2.12. The number of hydrogen-bond donors (Lipinski definition) is 2. The zero-order valence-electron chi connectivity index (χ0n) is 15.3. The molecule has 0 saturated carbocycles. The number of aromatic nitrogens is 2. The molecule has 2 aromatic carbocycles. The van der Waals surface area contributed by atoms with E-state index in [4.69, 9.17) is 4.74 Å². The molecule has 2 heterocycles. The van der Waals surface area contributed by atoms with Gasteiger partial charge in [-0.2, -0.15) is 0 Å². The lowest BCUT2D eigenvalue weighted by Gasteiger charge is -2.06. The first-order valence-electron chi connectivity index (χ1n) is 8.80. The Labute approximate surface area is 165 Å². The SMILES string of the molecule is COc1ccc(Cn2c(=O)[nH]c3cc(C(=O)NCc4cccs4)ccc32)cc1. The van der Waals surface area contributed by atoms with Crippen LogP contribution in [0.1, 0.15) is 20.8 Å². The predicted octanol–water partition coefficient (Wildman–Crippen LogP) is 3.38. The van der Waals surface area contributed by atoms with Crippen LogP contribution in [0.2, 0.25) is 0 Å². The minimum Gasteiger partial charge on any atom is -0.497 e. The van der Waals surface area contributed by atoms with Crippen LogP contribution in [0, 0.1) is 0 Å². The largest absolute Gasteiger partial charge is 0.497 e. The lowest BCUT2D eigenvalue weighted by Crippen LogP contribution is -2.22. The number of carbonyl (C=O) groups excluding carboxylic acids is 1. The molecule has 0 aliphatic rings. The maximum atomic E-state index is 12.4. The minimum atomic E-state index is -0.207. The number of nitrogens with zero attached hydrogens (tertiary/aromatic N) is 1. The van der Waals surface area contributed by atoms with Gasteiger partial charge in [-0.25, -0.2) is 4.79 Å². The van der Waals surface area contributed by atoms with Gasteiger partial charge in [0.05, 0.1) is 31.2 Å². The lowest BCUT2D eigenvalue weighted by atomic mass is 10.1. The van der Waals surface area contributed by atoms with Gasteiger partial charge in [-0.15, -0.1) is 11.3 Å². The van der Waals surface area contributed by atoms with Crippen LogP contribution in [0.15, 0.2) is 64.8 Å². The topological polar surface area (TPSA) is 76.1 Å². The number of imidazole rings is 1. The standard InChI is InChI=1S/C21H19N3O3S/c1-27-16-7-4-14(5-8-16)13-24-19-9-6-15(11-18(19)23-21(24)26)20(25)22-12-17-3-2-10-28-17/h2-11H,12-13H2,1H3,(H,22,25)(H,23,26). The molecule has 4 aromatic rings. The number of benzene rings is 2. The Bertz CT molecular complexity index is 1160. The van der Waals surface area contributed by atoms with Crippen molar-refractivity contribution < 1.29 is 9.53 Å². The first-order valence-corrected chi connectivity index (χ1v) is 9.68. The van der Waals surface area contributed by atoms with Gasteiger partial charge < -0.3 is 15.0 Å². The average molecular weight is 393 g/mol.